The SMILES string of the molecule is Cc1nc(C)c(C(=O)C2=C(O)C(=O)N(c3nccs3)C2c2ccccc2[N+](=O)[O-])s1. The van der Waals surface area contributed by atoms with Crippen molar-refractivity contribution < 1.29 is 19.6 Å². The van der Waals surface area contributed by atoms with E-state index in [1.165, 1.54) is 24.4 Å². The fourth-order valence-corrected chi connectivity index (χ4v) is 4.95. The summed E-state index contributed by atoms with van der Waals surface area (Å²) in [6.45, 7) is 3.40. The smallest absolute Gasteiger partial charge is 0.296 e. The Morgan fingerprint density at radius 1 is 1.30 bits per heavy atom. The molecule has 2 aromatic heterocycles. The van der Waals surface area contributed by atoms with E-state index in [1.54, 1.807) is 25.3 Å². The van der Waals surface area contributed by atoms with Gasteiger partial charge in [0.15, 0.2) is 10.9 Å². The summed E-state index contributed by atoms with van der Waals surface area (Å²) in [5.74, 6) is -2.18. The first-order valence-electron chi connectivity index (χ1n) is 8.69. The number of nitro benzene ring substituents is 1. The van der Waals surface area contributed by atoms with Crippen molar-refractivity contribution in [2.75, 3.05) is 4.90 Å². The number of aryl methyl sites for hydroxylation is 2. The lowest BCUT2D eigenvalue weighted by Crippen LogP contribution is -2.31. The van der Waals surface area contributed by atoms with E-state index >= 15 is 0 Å². The number of para-hydroxylation sites is 1. The molecule has 0 saturated carbocycles. The van der Waals surface area contributed by atoms with Crippen LogP contribution in [-0.2, 0) is 4.79 Å². The molecule has 1 unspecified atom stereocenters. The maximum Gasteiger partial charge on any atom is 0.296 e. The topological polar surface area (TPSA) is 127 Å². The molecule has 9 nitrogen and oxygen atoms in total. The molecule has 0 spiro atoms. The molecular formula is C19H14N4O5S2. The highest BCUT2D eigenvalue weighted by Crippen LogP contribution is 2.45. The molecular weight excluding hydrogens is 428 g/mol. The van der Waals surface area contributed by atoms with Gasteiger partial charge in [-0.3, -0.25) is 24.6 Å². The number of hydrogen-bond acceptors (Lipinski definition) is 9. The van der Waals surface area contributed by atoms with E-state index in [0.717, 1.165) is 27.6 Å². The van der Waals surface area contributed by atoms with E-state index in [2.05, 4.69) is 9.97 Å². The van der Waals surface area contributed by atoms with Gasteiger partial charge in [0, 0.05) is 17.6 Å². The average molecular weight is 442 g/mol. The molecule has 0 aliphatic carbocycles. The van der Waals surface area contributed by atoms with Crippen molar-refractivity contribution in [1.29, 1.82) is 0 Å². The number of rotatable bonds is 5. The molecule has 1 amide bonds. The van der Waals surface area contributed by atoms with Gasteiger partial charge >= 0.3 is 0 Å². The number of ketones is 1. The molecule has 1 N–H and O–H groups in total. The maximum absolute atomic E-state index is 13.4. The second kappa shape index (κ2) is 7.43. The van der Waals surface area contributed by atoms with Crippen LogP contribution in [0.2, 0.25) is 0 Å². The third kappa shape index (κ3) is 3.08. The first-order chi connectivity index (χ1) is 14.3. The zero-order valence-corrected chi connectivity index (χ0v) is 17.4. The van der Waals surface area contributed by atoms with Crippen LogP contribution in [0.3, 0.4) is 0 Å². The van der Waals surface area contributed by atoms with Crippen LogP contribution in [0.4, 0.5) is 10.8 Å². The van der Waals surface area contributed by atoms with Crippen LogP contribution in [0.5, 0.6) is 0 Å². The minimum Gasteiger partial charge on any atom is -0.503 e. The minimum atomic E-state index is -1.19. The number of aliphatic hydroxyl groups excluding tert-OH is 1. The van der Waals surface area contributed by atoms with Crippen LogP contribution in [0.1, 0.15) is 32.0 Å². The number of carbonyl (C=O) groups is 2. The largest absolute Gasteiger partial charge is 0.503 e. The second-order valence-electron chi connectivity index (χ2n) is 6.45. The van der Waals surface area contributed by atoms with E-state index in [0.29, 0.717) is 10.7 Å². The molecule has 3 aromatic rings. The molecule has 30 heavy (non-hydrogen) atoms. The number of carbonyl (C=O) groups excluding carboxylic acids is 2. The number of aliphatic hydroxyl groups is 1. The monoisotopic (exact) mass is 442 g/mol. The molecule has 4 rings (SSSR count). The Hall–Kier alpha value is -3.44. The van der Waals surface area contributed by atoms with Gasteiger partial charge in [-0.05, 0) is 19.9 Å². The van der Waals surface area contributed by atoms with E-state index in [1.807, 2.05) is 0 Å². The molecule has 152 valence electrons. The van der Waals surface area contributed by atoms with E-state index in [9.17, 15) is 24.8 Å². The minimum absolute atomic E-state index is 0.109. The van der Waals surface area contributed by atoms with Crippen molar-refractivity contribution >= 4 is 45.2 Å². The van der Waals surface area contributed by atoms with Crippen molar-refractivity contribution in [2.45, 2.75) is 19.9 Å². The lowest BCUT2D eigenvalue weighted by Gasteiger charge is -2.24. The summed E-state index contributed by atoms with van der Waals surface area (Å²) >= 11 is 2.26. The molecule has 1 atom stereocenters. The third-order valence-electron chi connectivity index (χ3n) is 4.62. The molecule has 0 saturated heterocycles. The fourth-order valence-electron chi connectivity index (χ4n) is 3.41. The number of benzene rings is 1. The van der Waals surface area contributed by atoms with E-state index in [4.69, 9.17) is 0 Å². The first kappa shape index (κ1) is 19.9. The Morgan fingerprint density at radius 3 is 2.63 bits per heavy atom. The summed E-state index contributed by atoms with van der Waals surface area (Å²) < 4.78 is 0. The predicted octanol–water partition coefficient (Wildman–Crippen LogP) is 3.91. The summed E-state index contributed by atoms with van der Waals surface area (Å²) in [6, 6.07) is 4.63. The van der Waals surface area contributed by atoms with Crippen LogP contribution in [0, 0.1) is 24.0 Å². The van der Waals surface area contributed by atoms with Gasteiger partial charge < -0.3 is 5.11 Å². The molecule has 3 heterocycles. The lowest BCUT2D eigenvalue weighted by atomic mass is 9.94. The number of Topliss-reactive ketones (excluding diaryl/α,β-unsaturated/α-hetero) is 1. The number of nitrogens with zero attached hydrogens (tertiary/aromatic N) is 4. The van der Waals surface area contributed by atoms with Crippen LogP contribution in [0.25, 0.3) is 0 Å². The zero-order chi connectivity index (χ0) is 21.6. The molecule has 11 heteroatoms. The Bertz CT molecular complexity index is 1220. The highest BCUT2D eigenvalue weighted by atomic mass is 32.1. The summed E-state index contributed by atoms with van der Waals surface area (Å²) in [7, 11) is 0. The number of aromatic nitrogens is 2. The molecule has 0 fully saturated rings. The van der Waals surface area contributed by atoms with Gasteiger partial charge in [-0.25, -0.2) is 9.97 Å². The normalized spacial score (nSPS) is 16.4. The van der Waals surface area contributed by atoms with Crippen molar-refractivity contribution in [1.82, 2.24) is 9.97 Å². The van der Waals surface area contributed by atoms with Gasteiger partial charge in [-0.15, -0.1) is 22.7 Å². The van der Waals surface area contributed by atoms with Crippen molar-refractivity contribution in [2.24, 2.45) is 0 Å². The Labute approximate surface area is 178 Å². The molecule has 0 bridgehead atoms. The quantitative estimate of drug-likeness (QED) is 0.360. The van der Waals surface area contributed by atoms with Gasteiger partial charge in [0.1, 0.15) is 6.04 Å². The highest BCUT2D eigenvalue weighted by molar-refractivity contribution is 7.14. The van der Waals surface area contributed by atoms with Crippen LogP contribution < -0.4 is 4.90 Å². The number of hydrogen-bond donors (Lipinski definition) is 1. The third-order valence-corrected chi connectivity index (χ3v) is 6.46. The number of thiazole rings is 2. The summed E-state index contributed by atoms with van der Waals surface area (Å²) in [6.07, 6.45) is 1.47. The second-order valence-corrected chi connectivity index (χ2v) is 8.52. The first-order valence-corrected chi connectivity index (χ1v) is 10.4. The summed E-state index contributed by atoms with van der Waals surface area (Å²) in [4.78, 5) is 47.2. The lowest BCUT2D eigenvalue weighted by molar-refractivity contribution is -0.385. The number of amides is 1. The molecule has 1 aliphatic rings. The highest BCUT2D eigenvalue weighted by Gasteiger charge is 2.48. The summed E-state index contributed by atoms with van der Waals surface area (Å²) in [5.41, 5.74) is 0.0758. The molecule has 0 radical (unpaired) electrons. The standard InChI is InChI=1S/C19H14N4O5S2/c1-9-17(30-10(2)21-9)15(24)13-14(11-5-3-4-6-12(11)23(27)28)22(18(26)16(13)25)19-20-7-8-29-19/h3-8,14,25H,1-2H3. The molecule has 1 aromatic carbocycles. The Kier molecular flexibility index (Phi) is 4.92. The number of anilines is 1. The van der Waals surface area contributed by atoms with Gasteiger partial charge in [0.2, 0.25) is 5.78 Å². The number of nitro groups is 1. The van der Waals surface area contributed by atoms with Crippen LogP contribution >= 0.6 is 22.7 Å². The zero-order valence-electron chi connectivity index (χ0n) is 15.7. The maximum atomic E-state index is 13.4. The predicted molar refractivity (Wildman–Crippen MR) is 111 cm³/mol. The average Bonchev–Trinajstić information content (AvgIpc) is 3.41. The Morgan fingerprint density at radius 2 is 2.03 bits per heavy atom. The van der Waals surface area contributed by atoms with E-state index < -0.39 is 28.4 Å². The van der Waals surface area contributed by atoms with Crippen LogP contribution in [-0.4, -0.2) is 31.7 Å². The van der Waals surface area contributed by atoms with Gasteiger partial charge in [-0.1, -0.05) is 12.1 Å². The van der Waals surface area contributed by atoms with Gasteiger partial charge in [0.25, 0.3) is 11.6 Å². The van der Waals surface area contributed by atoms with Crippen molar-refractivity contribution in [3.05, 3.63) is 78.4 Å². The summed E-state index contributed by atoms with van der Waals surface area (Å²) in [5, 5.41) is 24.8. The van der Waals surface area contributed by atoms with Gasteiger partial charge in [-0.2, -0.15) is 0 Å². The van der Waals surface area contributed by atoms with Crippen molar-refractivity contribution in [3.8, 4) is 0 Å². The van der Waals surface area contributed by atoms with Gasteiger partial charge in [0.05, 0.1) is 31.6 Å². The Balaban J connectivity index is 1.95. The van der Waals surface area contributed by atoms with E-state index in [-0.39, 0.29) is 26.8 Å². The fraction of sp³-hybridized carbons (Fsp3) is 0.158. The van der Waals surface area contributed by atoms with Crippen molar-refractivity contribution in [3.63, 3.8) is 0 Å². The molecule has 1 aliphatic heterocycles. The van der Waals surface area contributed by atoms with Crippen LogP contribution in [0.15, 0.2) is 47.2 Å².